The number of para-hydroxylation sites is 1. The quantitative estimate of drug-likeness (QED) is 0.0775. The van der Waals surface area contributed by atoms with Gasteiger partial charge in [-0.25, -0.2) is 14.0 Å². The predicted octanol–water partition coefficient (Wildman–Crippen LogP) is 7.84. The first-order valence-electron chi connectivity index (χ1n) is 17.0. The van der Waals surface area contributed by atoms with E-state index in [0.29, 0.717) is 27.3 Å². The summed E-state index contributed by atoms with van der Waals surface area (Å²) in [7, 11) is 0. The summed E-state index contributed by atoms with van der Waals surface area (Å²) in [6.07, 6.45) is 2.82. The first-order valence-corrected chi connectivity index (χ1v) is 18.6. The van der Waals surface area contributed by atoms with E-state index in [1.165, 1.54) is 36.4 Å². The number of ether oxygens (including phenoxy) is 3. The van der Waals surface area contributed by atoms with Crippen molar-refractivity contribution in [2.45, 2.75) is 51.4 Å². The lowest BCUT2D eigenvalue weighted by atomic mass is 9.85. The molecule has 55 heavy (non-hydrogen) atoms. The fourth-order valence-corrected chi connectivity index (χ4v) is 8.46. The fraction of sp³-hybridized carbons (Fsp3) is 0.351. The van der Waals surface area contributed by atoms with Crippen LogP contribution in [0, 0.1) is 16.9 Å². The Labute approximate surface area is 327 Å². The van der Waals surface area contributed by atoms with Crippen LogP contribution in [0.5, 0.6) is 11.5 Å². The van der Waals surface area contributed by atoms with E-state index in [1.807, 2.05) is 0 Å². The van der Waals surface area contributed by atoms with Crippen molar-refractivity contribution in [1.29, 1.82) is 0 Å². The van der Waals surface area contributed by atoms with Gasteiger partial charge < -0.3 is 29.6 Å². The first-order chi connectivity index (χ1) is 26.3. The Morgan fingerprint density at radius 1 is 1.11 bits per heavy atom. The van der Waals surface area contributed by atoms with Crippen molar-refractivity contribution in [3.05, 3.63) is 108 Å². The van der Waals surface area contributed by atoms with Crippen molar-refractivity contribution in [2.75, 3.05) is 31.1 Å². The number of carbonyl (C=O) groups is 3. The summed E-state index contributed by atoms with van der Waals surface area (Å²) in [6.45, 7) is 0.597. The van der Waals surface area contributed by atoms with Gasteiger partial charge in [-0.05, 0) is 86.7 Å². The van der Waals surface area contributed by atoms with E-state index in [2.05, 4.69) is 9.64 Å². The summed E-state index contributed by atoms with van der Waals surface area (Å²) in [5.74, 6) is -2.85. The molecule has 5 heterocycles. The molecule has 0 unspecified atom stereocenters. The average Bonchev–Trinajstić information content (AvgIpc) is 3.56. The summed E-state index contributed by atoms with van der Waals surface area (Å²) in [4.78, 5) is 38.7. The van der Waals surface area contributed by atoms with Gasteiger partial charge in [0.1, 0.15) is 26.8 Å². The molecule has 0 spiro atoms. The van der Waals surface area contributed by atoms with Crippen LogP contribution < -0.4 is 19.1 Å². The van der Waals surface area contributed by atoms with Crippen molar-refractivity contribution < 1.29 is 56.7 Å². The van der Waals surface area contributed by atoms with Crippen LogP contribution in [0.25, 0.3) is 0 Å². The van der Waals surface area contributed by atoms with Gasteiger partial charge in [0.2, 0.25) is 0 Å². The fourth-order valence-electron chi connectivity index (χ4n) is 6.81. The van der Waals surface area contributed by atoms with Crippen LogP contribution in [-0.4, -0.2) is 72.6 Å². The molecule has 2 N–H and O–H groups in total. The molecule has 4 aromatic rings. The van der Waals surface area contributed by atoms with Crippen LogP contribution >= 0.6 is 34.5 Å². The van der Waals surface area contributed by atoms with Crippen molar-refractivity contribution in [1.82, 2.24) is 4.90 Å². The van der Waals surface area contributed by atoms with E-state index < -0.39 is 30.4 Å². The normalized spacial score (nSPS) is 17.8. The Balaban J connectivity index is 0.00000187. The molecule has 2 atom stereocenters. The molecule has 0 radical (unpaired) electrons. The molecule has 3 saturated heterocycles. The Morgan fingerprint density at radius 2 is 1.78 bits per heavy atom. The van der Waals surface area contributed by atoms with Gasteiger partial charge in [-0.3, -0.25) is 14.6 Å². The maximum atomic E-state index is 15.3. The number of amides is 1. The van der Waals surface area contributed by atoms with Crippen LogP contribution in [0.4, 0.5) is 23.7 Å². The van der Waals surface area contributed by atoms with Crippen molar-refractivity contribution in [3.63, 3.8) is 0 Å². The van der Waals surface area contributed by atoms with Gasteiger partial charge >= 0.3 is 18.7 Å². The molecular formula is C37H36Cl2F3N3O9S. The number of carboxylic acid groups (broad SMARTS) is 2. The Hall–Kier alpha value is -4.77. The molecular weight excluding hydrogens is 790 g/mol. The zero-order valence-electron chi connectivity index (χ0n) is 29.2. The summed E-state index contributed by atoms with van der Waals surface area (Å²) in [5, 5.41) is 29.4. The van der Waals surface area contributed by atoms with E-state index in [0.717, 1.165) is 54.6 Å². The van der Waals surface area contributed by atoms with Crippen molar-refractivity contribution in [2.24, 2.45) is 5.92 Å². The smallest absolute Gasteiger partial charge is 0.415 e. The third-order valence-electron chi connectivity index (χ3n) is 9.26. The molecule has 1 amide bonds. The number of aromatic nitrogens is 1. The summed E-state index contributed by atoms with van der Waals surface area (Å²) >= 11 is 13.8. The minimum atomic E-state index is -3.13. The van der Waals surface area contributed by atoms with Crippen LogP contribution in [0.15, 0.2) is 60.9 Å². The highest BCUT2D eigenvalue weighted by Gasteiger charge is 2.38. The number of rotatable bonds is 13. The van der Waals surface area contributed by atoms with E-state index in [4.69, 9.17) is 42.6 Å². The third kappa shape index (κ3) is 10.1. The standard InChI is InChI=1S/C36H34Cl2F3N3O7S.CH2O2/c1-2-49-31-13-21(7-8-30(31)50-35(40)41)23(15-25-26(37)17-43(48)18-27(25)38)24-14-22(52-33(24)34(45)46)16-44(29-6-4-3-5-28(29)39)36(47)51-32-19-42-11-9-20(32)10-12-42;2-1-3/h3-8,13-14,17-18,20,23,32,35H,2,9-12,15-16,19H2,1H3,(H,45,46);1H,(H,2,3)/t23-,32-;/m0./s1. The maximum Gasteiger partial charge on any atom is 0.415 e. The van der Waals surface area contributed by atoms with Gasteiger partial charge in [-0.1, -0.05) is 41.4 Å². The molecule has 2 aromatic carbocycles. The molecule has 294 valence electrons. The molecule has 18 heteroatoms. The summed E-state index contributed by atoms with van der Waals surface area (Å²) in [6, 6.07) is 11.6. The van der Waals surface area contributed by atoms with E-state index >= 15 is 4.39 Å². The highest BCUT2D eigenvalue weighted by molar-refractivity contribution is 7.14. The van der Waals surface area contributed by atoms with Crippen LogP contribution in [-0.2, 0) is 22.5 Å². The number of fused-ring (bicyclic) bond motifs is 3. The molecule has 12 nitrogen and oxygen atoms in total. The molecule has 0 saturated carbocycles. The number of hydrogen-bond donors (Lipinski definition) is 2. The summed E-state index contributed by atoms with van der Waals surface area (Å²) in [5.41, 5.74) is 0.977. The van der Waals surface area contributed by atoms with Gasteiger partial charge in [0, 0.05) is 22.9 Å². The SMILES string of the molecule is CCOc1cc([C@H](Cc2c(Cl)c[n+]([O-])cc2Cl)c2cc(CN(C(=O)O[C@H]3CN4CCC3CC4)c3ccccc3F)sc2C(=O)O)ccc1OC(F)F.O=CO. The zero-order valence-corrected chi connectivity index (χ0v) is 31.5. The number of alkyl halides is 2. The lowest BCUT2D eigenvalue weighted by molar-refractivity contribution is -0.605. The molecule has 2 aromatic heterocycles. The first kappa shape index (κ1) is 41.4. The van der Waals surface area contributed by atoms with Crippen molar-refractivity contribution in [3.8, 4) is 11.5 Å². The van der Waals surface area contributed by atoms with E-state index in [9.17, 15) is 28.7 Å². The lowest BCUT2D eigenvalue weighted by Crippen LogP contribution is -2.53. The number of anilines is 1. The lowest BCUT2D eigenvalue weighted by Gasteiger charge is -2.44. The minimum absolute atomic E-state index is 0.0125. The van der Waals surface area contributed by atoms with Gasteiger partial charge in [0.25, 0.3) is 6.47 Å². The number of carboxylic acids is 1. The highest BCUT2D eigenvalue weighted by atomic mass is 35.5. The number of aromatic carboxylic acids is 1. The number of thiophene rings is 1. The van der Waals surface area contributed by atoms with Gasteiger partial charge in [-0.15, -0.1) is 11.3 Å². The second-order valence-corrected chi connectivity index (χ2v) is 14.5. The van der Waals surface area contributed by atoms with Gasteiger partial charge in [0.15, 0.2) is 23.9 Å². The monoisotopic (exact) mass is 825 g/mol. The Bertz CT molecular complexity index is 1980. The largest absolute Gasteiger partial charge is 0.619 e. The van der Waals surface area contributed by atoms with Gasteiger partial charge in [0.05, 0.1) is 18.8 Å². The number of pyridine rings is 1. The van der Waals surface area contributed by atoms with Crippen LogP contribution in [0.3, 0.4) is 0 Å². The second kappa shape index (κ2) is 18.7. The molecule has 3 aliphatic rings. The molecule has 7 rings (SSSR count). The topological polar surface area (TPSA) is 153 Å². The predicted molar refractivity (Wildman–Crippen MR) is 197 cm³/mol. The van der Waals surface area contributed by atoms with Crippen LogP contribution in [0.2, 0.25) is 10.0 Å². The molecule has 0 aliphatic carbocycles. The maximum absolute atomic E-state index is 15.3. The molecule has 3 fully saturated rings. The Morgan fingerprint density at radius 3 is 2.36 bits per heavy atom. The summed E-state index contributed by atoms with van der Waals surface area (Å²) < 4.78 is 58.5. The number of carbonyl (C=O) groups excluding carboxylic acids is 1. The number of piperidine rings is 3. The highest BCUT2D eigenvalue weighted by Crippen LogP contribution is 2.42. The molecule has 2 bridgehead atoms. The van der Waals surface area contributed by atoms with Crippen LogP contribution in [0.1, 0.15) is 56.9 Å². The number of nitrogens with zero attached hydrogens (tertiary/aromatic N) is 3. The minimum Gasteiger partial charge on any atom is -0.619 e. The third-order valence-corrected chi connectivity index (χ3v) is 11.0. The number of halogens is 5. The van der Waals surface area contributed by atoms with Crippen molar-refractivity contribution >= 4 is 58.8 Å². The van der Waals surface area contributed by atoms with Gasteiger partial charge in [-0.2, -0.15) is 13.5 Å². The Kier molecular flexibility index (Phi) is 14.1. The number of hydrogen-bond acceptors (Lipinski definition) is 9. The number of benzene rings is 2. The molecule has 3 aliphatic heterocycles. The zero-order chi connectivity index (χ0) is 39.8. The average molecular weight is 827 g/mol. The van der Waals surface area contributed by atoms with E-state index in [-0.39, 0.29) is 75.7 Å². The second-order valence-electron chi connectivity index (χ2n) is 12.6. The van der Waals surface area contributed by atoms with E-state index in [1.54, 1.807) is 19.1 Å².